The number of nitrogens with one attached hydrogen (secondary N) is 2. The van der Waals surface area contributed by atoms with Gasteiger partial charge in [0.2, 0.25) is 23.6 Å². The summed E-state index contributed by atoms with van der Waals surface area (Å²) in [5, 5.41) is 23.7. The maximum absolute atomic E-state index is 13.0. The van der Waals surface area contributed by atoms with Crippen LogP contribution in [0.1, 0.15) is 46.0 Å². The number of nitrogens with zero attached hydrogens (tertiary/aromatic N) is 1. The Labute approximate surface area is 180 Å². The summed E-state index contributed by atoms with van der Waals surface area (Å²) in [6, 6.07) is -4.44. The first kappa shape index (κ1) is 26.3. The van der Waals surface area contributed by atoms with Gasteiger partial charge < -0.3 is 37.2 Å². The van der Waals surface area contributed by atoms with Crippen LogP contribution in [0.2, 0.25) is 0 Å². The first-order chi connectivity index (χ1) is 14.5. The van der Waals surface area contributed by atoms with Gasteiger partial charge in [0.25, 0.3) is 0 Å². The zero-order valence-electron chi connectivity index (χ0n) is 17.9. The fourth-order valence-corrected chi connectivity index (χ4v) is 3.35. The van der Waals surface area contributed by atoms with Crippen LogP contribution in [-0.2, 0) is 24.0 Å². The van der Waals surface area contributed by atoms with Gasteiger partial charge in [-0.2, -0.15) is 0 Å². The third kappa shape index (κ3) is 8.13. The molecule has 0 aliphatic carbocycles. The lowest BCUT2D eigenvalue weighted by atomic mass is 10.0. The quantitative estimate of drug-likeness (QED) is 0.192. The van der Waals surface area contributed by atoms with E-state index in [0.717, 1.165) is 0 Å². The van der Waals surface area contributed by atoms with Crippen molar-refractivity contribution in [2.75, 3.05) is 13.2 Å². The summed E-state index contributed by atoms with van der Waals surface area (Å²) in [6.45, 7) is 3.21. The molecule has 1 saturated heterocycles. The summed E-state index contributed by atoms with van der Waals surface area (Å²) in [6.07, 6.45) is 0.986. The summed E-state index contributed by atoms with van der Waals surface area (Å²) >= 11 is 0. The van der Waals surface area contributed by atoms with Crippen LogP contribution in [0.3, 0.4) is 0 Å². The molecule has 4 unspecified atom stereocenters. The molecular formula is C19H33N5O7. The highest BCUT2D eigenvalue weighted by Gasteiger charge is 2.38. The third-order valence-corrected chi connectivity index (χ3v) is 5.00. The van der Waals surface area contributed by atoms with Crippen molar-refractivity contribution in [3.63, 3.8) is 0 Å². The van der Waals surface area contributed by atoms with Crippen molar-refractivity contribution in [1.82, 2.24) is 15.5 Å². The number of rotatable bonds is 12. The average molecular weight is 444 g/mol. The summed E-state index contributed by atoms with van der Waals surface area (Å²) in [5.41, 5.74) is 10.7. The van der Waals surface area contributed by atoms with E-state index in [1.165, 1.54) is 4.90 Å². The van der Waals surface area contributed by atoms with Crippen LogP contribution < -0.4 is 22.1 Å². The predicted molar refractivity (Wildman–Crippen MR) is 109 cm³/mol. The molecule has 0 aromatic carbocycles. The van der Waals surface area contributed by atoms with Crippen molar-refractivity contribution in [1.29, 1.82) is 0 Å². The number of carboxylic acid groups (broad SMARTS) is 1. The minimum absolute atomic E-state index is 0.00419. The Kier molecular flexibility index (Phi) is 10.4. The number of aliphatic hydroxyl groups is 1. The molecule has 1 rings (SSSR count). The number of hydrogen-bond donors (Lipinski definition) is 6. The van der Waals surface area contributed by atoms with E-state index >= 15 is 0 Å². The van der Waals surface area contributed by atoms with Crippen molar-refractivity contribution in [2.24, 2.45) is 17.4 Å². The predicted octanol–water partition coefficient (Wildman–Crippen LogP) is -2.34. The second-order valence-corrected chi connectivity index (χ2v) is 8.07. The van der Waals surface area contributed by atoms with Crippen molar-refractivity contribution < 1.29 is 34.2 Å². The van der Waals surface area contributed by atoms with E-state index in [-0.39, 0.29) is 31.7 Å². The Balaban J connectivity index is 2.84. The van der Waals surface area contributed by atoms with Gasteiger partial charge in [-0.05, 0) is 31.6 Å². The number of amides is 4. The molecule has 1 fully saturated rings. The zero-order chi connectivity index (χ0) is 23.7. The molecule has 0 aromatic rings. The van der Waals surface area contributed by atoms with Crippen LogP contribution in [0.15, 0.2) is 0 Å². The Hall–Kier alpha value is -2.73. The van der Waals surface area contributed by atoms with E-state index in [9.17, 15) is 34.2 Å². The molecule has 0 bridgehead atoms. The standard InChI is InChI=1S/C19H33N5O7/c1-10(2)8-12(18(29)24-7-3-4-14(24)19(30)31)22-17(28)13(9-25)23-16(27)11(20)5-6-15(21)26/h10-14,25H,3-9,20H2,1-2H3,(H2,21,26)(H,22,28)(H,23,27)(H,30,31). The molecule has 8 N–H and O–H groups in total. The summed E-state index contributed by atoms with van der Waals surface area (Å²) in [4.78, 5) is 61.2. The number of carbonyl (C=O) groups is 5. The van der Waals surface area contributed by atoms with Crippen LogP contribution in [-0.4, -0.2) is 82.0 Å². The smallest absolute Gasteiger partial charge is 0.326 e. The fourth-order valence-electron chi connectivity index (χ4n) is 3.35. The van der Waals surface area contributed by atoms with Gasteiger partial charge in [0.1, 0.15) is 18.1 Å². The highest BCUT2D eigenvalue weighted by molar-refractivity contribution is 5.94. The van der Waals surface area contributed by atoms with Gasteiger partial charge in [0, 0.05) is 13.0 Å². The number of nitrogens with two attached hydrogens (primary N) is 2. The van der Waals surface area contributed by atoms with Crippen LogP contribution in [0, 0.1) is 5.92 Å². The van der Waals surface area contributed by atoms with Crippen molar-refractivity contribution >= 4 is 29.6 Å². The minimum atomic E-state index is -1.37. The van der Waals surface area contributed by atoms with Crippen LogP contribution in [0.4, 0.5) is 0 Å². The van der Waals surface area contributed by atoms with E-state index < -0.39 is 60.4 Å². The highest BCUT2D eigenvalue weighted by atomic mass is 16.4. The number of carbonyl (C=O) groups excluding carboxylic acids is 4. The topological polar surface area (TPSA) is 205 Å². The molecule has 1 aliphatic heterocycles. The Morgan fingerprint density at radius 3 is 2.23 bits per heavy atom. The molecular weight excluding hydrogens is 410 g/mol. The molecule has 12 heteroatoms. The first-order valence-electron chi connectivity index (χ1n) is 10.3. The number of hydrogen-bond acceptors (Lipinski definition) is 7. The molecule has 4 atom stereocenters. The number of aliphatic hydroxyl groups excluding tert-OH is 1. The van der Waals surface area contributed by atoms with Crippen LogP contribution >= 0.6 is 0 Å². The first-order valence-corrected chi connectivity index (χ1v) is 10.3. The largest absolute Gasteiger partial charge is 0.480 e. The van der Waals surface area contributed by atoms with E-state index in [4.69, 9.17) is 11.5 Å². The number of primary amides is 1. The molecule has 1 aliphatic rings. The lowest BCUT2D eigenvalue weighted by Gasteiger charge is -2.29. The van der Waals surface area contributed by atoms with Gasteiger partial charge >= 0.3 is 5.97 Å². The third-order valence-electron chi connectivity index (χ3n) is 5.00. The highest BCUT2D eigenvalue weighted by Crippen LogP contribution is 2.20. The van der Waals surface area contributed by atoms with E-state index in [2.05, 4.69) is 10.6 Å². The SMILES string of the molecule is CC(C)CC(NC(=O)C(CO)NC(=O)C(N)CCC(N)=O)C(=O)N1CCCC1C(=O)O. The zero-order valence-corrected chi connectivity index (χ0v) is 17.9. The maximum Gasteiger partial charge on any atom is 0.326 e. The lowest BCUT2D eigenvalue weighted by Crippen LogP contribution is -2.58. The van der Waals surface area contributed by atoms with Gasteiger partial charge in [-0.1, -0.05) is 13.8 Å². The monoisotopic (exact) mass is 443 g/mol. The molecule has 176 valence electrons. The molecule has 31 heavy (non-hydrogen) atoms. The normalized spacial score (nSPS) is 18.9. The second-order valence-electron chi connectivity index (χ2n) is 8.07. The molecule has 0 spiro atoms. The molecule has 1 heterocycles. The van der Waals surface area contributed by atoms with Gasteiger partial charge in [0.05, 0.1) is 12.6 Å². The number of likely N-dealkylation sites (tertiary alicyclic amines) is 1. The van der Waals surface area contributed by atoms with Gasteiger partial charge in [-0.3, -0.25) is 19.2 Å². The van der Waals surface area contributed by atoms with Crippen LogP contribution in [0.25, 0.3) is 0 Å². The van der Waals surface area contributed by atoms with Crippen molar-refractivity contribution in [3.8, 4) is 0 Å². The Bertz CT molecular complexity index is 685. The maximum atomic E-state index is 13.0. The Morgan fingerprint density at radius 1 is 1.10 bits per heavy atom. The summed E-state index contributed by atoms with van der Waals surface area (Å²) in [7, 11) is 0. The van der Waals surface area contributed by atoms with Crippen molar-refractivity contribution in [3.05, 3.63) is 0 Å². The lowest BCUT2D eigenvalue weighted by molar-refractivity contribution is -0.149. The Morgan fingerprint density at radius 2 is 1.71 bits per heavy atom. The van der Waals surface area contributed by atoms with E-state index in [1.54, 1.807) is 0 Å². The second kappa shape index (κ2) is 12.2. The van der Waals surface area contributed by atoms with E-state index in [1.807, 2.05) is 13.8 Å². The fraction of sp³-hybridized carbons (Fsp3) is 0.737. The van der Waals surface area contributed by atoms with Gasteiger partial charge in [-0.15, -0.1) is 0 Å². The molecule has 0 aromatic heterocycles. The molecule has 12 nitrogen and oxygen atoms in total. The number of aliphatic carboxylic acids is 1. The van der Waals surface area contributed by atoms with E-state index in [0.29, 0.717) is 12.8 Å². The number of carboxylic acids is 1. The molecule has 0 saturated carbocycles. The summed E-state index contributed by atoms with van der Waals surface area (Å²) < 4.78 is 0. The summed E-state index contributed by atoms with van der Waals surface area (Å²) in [5.74, 6) is -3.81. The minimum Gasteiger partial charge on any atom is -0.480 e. The molecule has 4 amide bonds. The molecule has 0 radical (unpaired) electrons. The average Bonchev–Trinajstić information content (AvgIpc) is 3.18. The van der Waals surface area contributed by atoms with Crippen LogP contribution in [0.5, 0.6) is 0 Å². The van der Waals surface area contributed by atoms with Gasteiger partial charge in [-0.25, -0.2) is 4.79 Å². The van der Waals surface area contributed by atoms with Crippen molar-refractivity contribution in [2.45, 2.75) is 70.1 Å². The van der Waals surface area contributed by atoms with Gasteiger partial charge in [0.15, 0.2) is 0 Å².